The lowest BCUT2D eigenvalue weighted by atomic mass is 10.1. The average molecular weight is 519 g/mol. The number of nitrogens with one attached hydrogen (secondary N) is 1. The van der Waals surface area contributed by atoms with Crippen LogP contribution in [0.25, 0.3) is 11.8 Å². The summed E-state index contributed by atoms with van der Waals surface area (Å²) in [5.41, 5.74) is 1.11. The van der Waals surface area contributed by atoms with Gasteiger partial charge in [0.25, 0.3) is 31.7 Å². The van der Waals surface area contributed by atoms with E-state index in [0.29, 0.717) is 17.1 Å². The van der Waals surface area contributed by atoms with E-state index in [0.717, 1.165) is 34.0 Å². The first-order chi connectivity index (χ1) is 16.3. The number of rotatable bonds is 5. The number of hydrazone groups is 1. The highest BCUT2D eigenvalue weighted by Crippen LogP contribution is 2.26. The van der Waals surface area contributed by atoms with Crippen LogP contribution in [-0.4, -0.2) is 47.3 Å². The second-order valence-electron chi connectivity index (χ2n) is 7.59. The topological polar surface area (TPSA) is 179 Å². The minimum atomic E-state index is -4.39. The van der Waals surface area contributed by atoms with Crippen LogP contribution in [-0.2, 0) is 25.0 Å². The lowest BCUT2D eigenvalue weighted by Gasteiger charge is -2.11. The Morgan fingerprint density at radius 3 is 1.80 bits per heavy atom. The fourth-order valence-corrected chi connectivity index (χ4v) is 4.40. The zero-order valence-corrected chi connectivity index (χ0v) is 19.8. The molecule has 4 rings (SSSR count). The van der Waals surface area contributed by atoms with Crippen molar-refractivity contribution in [3.05, 3.63) is 75.7 Å². The van der Waals surface area contributed by atoms with E-state index in [1.165, 1.54) is 30.3 Å². The highest BCUT2D eigenvalue weighted by molar-refractivity contribution is 7.86. The number of H-pyrrole nitrogens is 1. The second-order valence-corrected chi connectivity index (χ2v) is 10.4. The smallest absolute Gasteiger partial charge is 0.294 e. The van der Waals surface area contributed by atoms with E-state index < -0.39 is 31.7 Å². The van der Waals surface area contributed by atoms with Gasteiger partial charge in [-0.2, -0.15) is 26.9 Å². The van der Waals surface area contributed by atoms with Gasteiger partial charge in [-0.15, -0.1) is 0 Å². The molecule has 3 N–H and O–H groups in total. The van der Waals surface area contributed by atoms with Crippen molar-refractivity contribution < 1.29 is 30.7 Å². The molecule has 1 amide bonds. The summed E-state index contributed by atoms with van der Waals surface area (Å²) in [5, 5.41) is 8.09. The van der Waals surface area contributed by atoms with Crippen LogP contribution < -0.4 is 10.6 Å². The van der Waals surface area contributed by atoms with Crippen LogP contribution in [0.3, 0.4) is 0 Å². The summed E-state index contributed by atoms with van der Waals surface area (Å²) in [4.78, 5) is 25.4. The number of carbonyl (C=O) groups excluding carboxylic acids is 1. The maximum atomic E-state index is 13.0. The third-order valence-corrected chi connectivity index (χ3v) is 6.98. The summed E-state index contributed by atoms with van der Waals surface area (Å²) in [6, 6.07) is 9.85. The highest BCUT2D eigenvalue weighted by Gasteiger charge is 2.30. The zero-order chi connectivity index (χ0) is 25.7. The van der Waals surface area contributed by atoms with Gasteiger partial charge in [-0.1, -0.05) is 0 Å². The Kier molecular flexibility index (Phi) is 5.84. The third-order valence-electron chi connectivity index (χ3n) is 5.24. The molecule has 0 saturated heterocycles. The summed E-state index contributed by atoms with van der Waals surface area (Å²) in [6.07, 6.45) is 1.38. The van der Waals surface area contributed by atoms with Gasteiger partial charge in [-0.25, -0.2) is 4.68 Å². The summed E-state index contributed by atoms with van der Waals surface area (Å²) in [6.45, 7) is 3.19. The lowest BCUT2D eigenvalue weighted by molar-refractivity contribution is -0.114. The van der Waals surface area contributed by atoms with Crippen molar-refractivity contribution in [2.75, 3.05) is 5.01 Å². The second kappa shape index (κ2) is 8.42. The molecule has 0 radical (unpaired) electrons. The van der Waals surface area contributed by atoms with E-state index in [4.69, 9.17) is 9.11 Å². The number of aromatic amines is 1. The molecule has 1 aliphatic rings. The molecular weight excluding hydrogens is 500 g/mol. The molecule has 1 aromatic heterocycles. The Bertz CT molecular complexity index is 1680. The minimum absolute atomic E-state index is 0.136. The van der Waals surface area contributed by atoms with Gasteiger partial charge in [0.1, 0.15) is 0 Å². The molecule has 2 aromatic carbocycles. The molecule has 0 unspecified atom stereocenters. The molecule has 12 nitrogen and oxygen atoms in total. The number of hydrogen-bond acceptors (Lipinski definition) is 7. The summed E-state index contributed by atoms with van der Waals surface area (Å²) in [5.74, 6) is -0.550. The molecule has 0 spiro atoms. The molecule has 0 atom stereocenters. The van der Waals surface area contributed by atoms with Crippen LogP contribution in [0.5, 0.6) is 0 Å². The number of benzene rings is 2. The molecule has 182 valence electrons. The van der Waals surface area contributed by atoms with Crippen LogP contribution in [0.1, 0.15) is 18.2 Å². The van der Waals surface area contributed by atoms with Crippen molar-refractivity contribution in [1.29, 1.82) is 0 Å². The van der Waals surface area contributed by atoms with Gasteiger partial charge < -0.3 is 0 Å². The summed E-state index contributed by atoms with van der Waals surface area (Å²) < 4.78 is 64.3. The van der Waals surface area contributed by atoms with Crippen LogP contribution in [0.15, 0.2) is 73.8 Å². The first kappa shape index (κ1) is 24.3. The molecule has 2 heterocycles. The predicted molar refractivity (Wildman–Crippen MR) is 126 cm³/mol. The highest BCUT2D eigenvalue weighted by atomic mass is 32.2. The average Bonchev–Trinajstić information content (AvgIpc) is 3.23. The standard InChI is InChI=1S/C21H18N4O8S2/c1-12-18(20(26)24(22-12)14-3-7-16(8-4-14)34(28,29)30)11-19-13(2)23-25(21(19)27)15-5-9-17(10-6-15)35(31,32)33/h3-11,22H,1-2H3,(H,28,29,30)(H,31,32,33)/b19-11-. The Hall–Kier alpha value is -3.85. The van der Waals surface area contributed by atoms with Crippen LogP contribution in [0.4, 0.5) is 5.69 Å². The molecule has 14 heteroatoms. The maximum absolute atomic E-state index is 13.0. The minimum Gasteiger partial charge on any atom is -0.295 e. The van der Waals surface area contributed by atoms with Gasteiger partial charge >= 0.3 is 0 Å². The number of hydrogen-bond donors (Lipinski definition) is 3. The van der Waals surface area contributed by atoms with Crippen molar-refractivity contribution in [2.45, 2.75) is 23.6 Å². The summed E-state index contributed by atoms with van der Waals surface area (Å²) in [7, 11) is -8.78. The monoisotopic (exact) mass is 518 g/mol. The van der Waals surface area contributed by atoms with Crippen molar-refractivity contribution in [1.82, 2.24) is 9.78 Å². The Labute approximate surface area is 199 Å². The molecule has 35 heavy (non-hydrogen) atoms. The Balaban J connectivity index is 1.68. The van der Waals surface area contributed by atoms with Crippen molar-refractivity contribution in [2.24, 2.45) is 5.10 Å². The quantitative estimate of drug-likeness (QED) is 0.338. The number of amides is 1. The molecule has 0 aliphatic carbocycles. The molecule has 0 saturated carbocycles. The molecule has 1 aliphatic heterocycles. The molecule has 0 bridgehead atoms. The van der Waals surface area contributed by atoms with Crippen LogP contribution in [0.2, 0.25) is 0 Å². The summed E-state index contributed by atoms with van der Waals surface area (Å²) >= 11 is 0. The largest absolute Gasteiger partial charge is 0.295 e. The number of aryl methyl sites for hydroxylation is 1. The fraction of sp³-hybridized carbons (Fsp3) is 0.0952. The van der Waals surface area contributed by atoms with Crippen molar-refractivity contribution >= 4 is 43.6 Å². The van der Waals surface area contributed by atoms with Gasteiger partial charge in [0.05, 0.1) is 38.0 Å². The zero-order valence-electron chi connectivity index (χ0n) is 18.2. The number of anilines is 1. The SMILES string of the molecule is CC1=NN(c2ccc(S(=O)(=O)O)cc2)C(=O)/C1=C\c1c(C)[nH]n(-c2ccc(S(=O)(=O)O)cc2)c1=O. The normalized spacial score (nSPS) is 15.7. The van der Waals surface area contributed by atoms with E-state index in [-0.39, 0.29) is 26.6 Å². The number of carbonyl (C=O) groups is 1. The van der Waals surface area contributed by atoms with E-state index in [9.17, 15) is 26.4 Å². The predicted octanol–water partition coefficient (Wildman–Crippen LogP) is 1.77. The van der Waals surface area contributed by atoms with E-state index in [1.807, 2.05) is 0 Å². The van der Waals surface area contributed by atoms with Gasteiger partial charge in [0.15, 0.2) is 0 Å². The molecular formula is C21H18N4O8S2. The number of aromatic nitrogens is 2. The molecule has 0 fully saturated rings. The Morgan fingerprint density at radius 2 is 1.31 bits per heavy atom. The Morgan fingerprint density at radius 1 is 0.829 bits per heavy atom. The first-order valence-electron chi connectivity index (χ1n) is 9.86. The number of nitrogens with zero attached hydrogens (tertiary/aromatic N) is 3. The van der Waals surface area contributed by atoms with Crippen LogP contribution >= 0.6 is 0 Å². The van der Waals surface area contributed by atoms with Crippen LogP contribution in [0, 0.1) is 6.92 Å². The van der Waals surface area contributed by atoms with E-state index >= 15 is 0 Å². The lowest BCUT2D eigenvalue weighted by Crippen LogP contribution is -2.22. The van der Waals surface area contributed by atoms with Gasteiger partial charge in [0.2, 0.25) is 0 Å². The third kappa shape index (κ3) is 4.59. The van der Waals surface area contributed by atoms with Gasteiger partial charge in [0, 0.05) is 5.69 Å². The van der Waals surface area contributed by atoms with Gasteiger partial charge in [-0.05, 0) is 68.5 Å². The van der Waals surface area contributed by atoms with Crippen molar-refractivity contribution in [3.63, 3.8) is 0 Å². The van der Waals surface area contributed by atoms with E-state index in [1.54, 1.807) is 13.8 Å². The van der Waals surface area contributed by atoms with E-state index in [2.05, 4.69) is 10.2 Å². The first-order valence-corrected chi connectivity index (χ1v) is 12.7. The maximum Gasteiger partial charge on any atom is 0.294 e. The fourth-order valence-electron chi connectivity index (χ4n) is 3.44. The van der Waals surface area contributed by atoms with Gasteiger partial charge in [-0.3, -0.25) is 23.8 Å². The molecule has 3 aromatic rings. The van der Waals surface area contributed by atoms with Crippen molar-refractivity contribution in [3.8, 4) is 5.69 Å².